The number of aliphatic hydroxyl groups is 3. The van der Waals surface area contributed by atoms with Gasteiger partial charge in [-0.05, 0) is 31.6 Å². The van der Waals surface area contributed by atoms with Gasteiger partial charge in [0.1, 0.15) is 6.10 Å². The maximum atomic E-state index is 13.5. The molecule has 3 unspecified atom stereocenters. The van der Waals surface area contributed by atoms with E-state index in [1.807, 2.05) is 6.92 Å². The molecule has 8 heteroatoms. The largest absolute Gasteiger partial charge is 0.481 e. The lowest BCUT2D eigenvalue weighted by Gasteiger charge is -2.45. The Morgan fingerprint density at radius 3 is 2.06 bits per heavy atom. The molecule has 0 spiro atoms. The zero-order valence-electron chi connectivity index (χ0n) is 18.0. The highest BCUT2D eigenvalue weighted by Gasteiger charge is 2.58. The van der Waals surface area contributed by atoms with Gasteiger partial charge in [0.25, 0.3) is 0 Å². The number of ketones is 3. The maximum absolute atomic E-state index is 13.5. The third-order valence-corrected chi connectivity index (χ3v) is 7.70. The van der Waals surface area contributed by atoms with Crippen molar-refractivity contribution in [2.75, 3.05) is 0 Å². The number of Topliss-reactive ketones (excluding diaryl/α,β-unsaturated/α-hetero) is 3. The van der Waals surface area contributed by atoms with Gasteiger partial charge in [-0.15, -0.1) is 0 Å². The Hall–Kier alpha value is -1.64. The molecule has 8 nitrogen and oxygen atoms in total. The fraction of sp³-hybridized carbons (Fsp3) is 0.826. The first-order valence-electron chi connectivity index (χ1n) is 11.6. The van der Waals surface area contributed by atoms with Crippen LogP contribution in [0, 0.1) is 35.5 Å². The van der Waals surface area contributed by atoms with Gasteiger partial charge in [-0.1, -0.05) is 39.0 Å². The molecule has 0 saturated heterocycles. The van der Waals surface area contributed by atoms with E-state index in [0.29, 0.717) is 12.8 Å². The highest BCUT2D eigenvalue weighted by Crippen LogP contribution is 2.44. The molecule has 3 fully saturated rings. The molecule has 0 aromatic carbocycles. The van der Waals surface area contributed by atoms with Crippen molar-refractivity contribution >= 4 is 23.3 Å². The summed E-state index contributed by atoms with van der Waals surface area (Å²) < 4.78 is 0. The van der Waals surface area contributed by atoms with Gasteiger partial charge in [0, 0.05) is 5.92 Å². The minimum atomic E-state index is -1.78. The smallest absolute Gasteiger partial charge is 0.309 e. The Balaban J connectivity index is 1.97. The van der Waals surface area contributed by atoms with Crippen LogP contribution < -0.4 is 0 Å². The summed E-state index contributed by atoms with van der Waals surface area (Å²) in [6.45, 7) is 1.94. The van der Waals surface area contributed by atoms with E-state index in [9.17, 15) is 39.6 Å². The molecule has 0 bridgehead atoms. The zero-order chi connectivity index (χ0) is 22.9. The minimum absolute atomic E-state index is 0.139. The van der Waals surface area contributed by atoms with Gasteiger partial charge in [-0.3, -0.25) is 19.2 Å². The first kappa shape index (κ1) is 24.0. The van der Waals surface area contributed by atoms with E-state index < -0.39 is 65.4 Å². The molecule has 0 aromatic heterocycles. The second-order valence-corrected chi connectivity index (χ2v) is 9.57. The van der Waals surface area contributed by atoms with Crippen LogP contribution in [-0.4, -0.2) is 62.1 Å². The average molecular weight is 439 g/mol. The molecular weight excluding hydrogens is 404 g/mol. The number of hydrogen-bond acceptors (Lipinski definition) is 7. The third-order valence-electron chi connectivity index (χ3n) is 7.70. The number of aliphatic hydroxyl groups excluding tert-OH is 3. The first-order valence-corrected chi connectivity index (χ1v) is 11.6. The monoisotopic (exact) mass is 438 g/mol. The van der Waals surface area contributed by atoms with Gasteiger partial charge in [0.2, 0.25) is 0 Å². The summed E-state index contributed by atoms with van der Waals surface area (Å²) in [5, 5.41) is 40.4. The Morgan fingerprint density at radius 2 is 1.48 bits per heavy atom. The fourth-order valence-corrected chi connectivity index (χ4v) is 5.94. The van der Waals surface area contributed by atoms with Crippen LogP contribution in [0.4, 0.5) is 0 Å². The van der Waals surface area contributed by atoms with E-state index in [-0.39, 0.29) is 18.1 Å². The Bertz CT molecular complexity index is 712. The molecule has 31 heavy (non-hydrogen) atoms. The van der Waals surface area contributed by atoms with Crippen molar-refractivity contribution < 1.29 is 39.6 Å². The van der Waals surface area contributed by atoms with Gasteiger partial charge in [-0.25, -0.2) is 0 Å². The third kappa shape index (κ3) is 4.47. The van der Waals surface area contributed by atoms with Gasteiger partial charge >= 0.3 is 5.97 Å². The number of carbonyl (C=O) groups excluding carboxylic acids is 3. The second kappa shape index (κ2) is 9.88. The molecule has 0 aliphatic heterocycles. The summed E-state index contributed by atoms with van der Waals surface area (Å²) in [6, 6.07) is 0. The maximum Gasteiger partial charge on any atom is 0.309 e. The minimum Gasteiger partial charge on any atom is -0.481 e. The van der Waals surface area contributed by atoms with Gasteiger partial charge < -0.3 is 20.4 Å². The lowest BCUT2D eigenvalue weighted by Crippen LogP contribution is -2.60. The quantitative estimate of drug-likeness (QED) is 0.451. The second-order valence-electron chi connectivity index (χ2n) is 9.57. The highest BCUT2D eigenvalue weighted by molar-refractivity contribution is 6.24. The zero-order valence-corrected chi connectivity index (χ0v) is 18.0. The van der Waals surface area contributed by atoms with Crippen LogP contribution in [0.2, 0.25) is 0 Å². The molecule has 0 aromatic rings. The van der Waals surface area contributed by atoms with E-state index in [4.69, 9.17) is 0 Å². The molecule has 0 radical (unpaired) electrons. The molecule has 174 valence electrons. The van der Waals surface area contributed by atoms with Crippen LogP contribution in [0.5, 0.6) is 0 Å². The Morgan fingerprint density at radius 1 is 0.871 bits per heavy atom. The molecule has 0 heterocycles. The van der Waals surface area contributed by atoms with Gasteiger partial charge in [0.05, 0.1) is 35.9 Å². The van der Waals surface area contributed by atoms with Gasteiger partial charge in [0.15, 0.2) is 17.3 Å². The lowest BCUT2D eigenvalue weighted by atomic mass is 9.58. The molecule has 3 aliphatic carbocycles. The standard InChI is InChI=1S/C23H34O8/c1-2-3-9-12-17(24)15(11-7-5-4-6-8-11)21(28)16(18(12)25)13-10-14(23(30)31)20(27)22(29)19(13)26/h11-16,19-20,22,26-27,29H,2-10H2,1H3,(H,30,31)/t12?,13?,14-,15?,16+,19-,20+,22-/m0/s1. The number of hydrogen-bond donors (Lipinski definition) is 4. The van der Waals surface area contributed by atoms with E-state index in [0.717, 1.165) is 38.5 Å². The predicted octanol–water partition coefficient (Wildman–Crippen LogP) is 1.13. The molecule has 4 N–H and O–H groups in total. The van der Waals surface area contributed by atoms with Crippen LogP contribution in [0.15, 0.2) is 0 Å². The number of unbranched alkanes of at least 4 members (excludes halogenated alkanes) is 1. The molecule has 3 rings (SSSR count). The summed E-state index contributed by atoms with van der Waals surface area (Å²) in [4.78, 5) is 51.7. The highest BCUT2D eigenvalue weighted by atomic mass is 16.4. The molecule has 3 saturated carbocycles. The van der Waals surface area contributed by atoms with Crippen molar-refractivity contribution in [1.29, 1.82) is 0 Å². The Kier molecular flexibility index (Phi) is 7.65. The Labute approximate surface area is 182 Å². The molecule has 8 atom stereocenters. The molecule has 0 amide bonds. The van der Waals surface area contributed by atoms with E-state index in [2.05, 4.69) is 0 Å². The number of carboxylic acid groups (broad SMARTS) is 1. The van der Waals surface area contributed by atoms with Crippen molar-refractivity contribution in [2.45, 2.75) is 83.0 Å². The van der Waals surface area contributed by atoms with Crippen LogP contribution in [0.1, 0.15) is 64.7 Å². The summed E-state index contributed by atoms with van der Waals surface area (Å²) >= 11 is 0. The van der Waals surface area contributed by atoms with Crippen LogP contribution in [-0.2, 0) is 19.2 Å². The van der Waals surface area contributed by atoms with Crippen molar-refractivity contribution in [3.8, 4) is 0 Å². The van der Waals surface area contributed by atoms with E-state index >= 15 is 0 Å². The van der Waals surface area contributed by atoms with Crippen molar-refractivity contribution in [2.24, 2.45) is 35.5 Å². The number of rotatable bonds is 6. The summed E-state index contributed by atoms with van der Waals surface area (Å²) in [5.41, 5.74) is 0. The molecular formula is C23H34O8. The van der Waals surface area contributed by atoms with Crippen LogP contribution >= 0.6 is 0 Å². The number of carbonyl (C=O) groups is 4. The summed E-state index contributed by atoms with van der Waals surface area (Å²) in [7, 11) is 0. The average Bonchev–Trinajstić information content (AvgIpc) is 2.74. The van der Waals surface area contributed by atoms with Gasteiger partial charge in [-0.2, -0.15) is 0 Å². The first-order chi connectivity index (χ1) is 14.7. The molecule has 3 aliphatic rings. The summed E-state index contributed by atoms with van der Waals surface area (Å²) in [6.07, 6.45) is 0.704. The fourth-order valence-electron chi connectivity index (χ4n) is 5.94. The summed E-state index contributed by atoms with van der Waals surface area (Å²) in [5.74, 6) is -8.64. The number of aliphatic carboxylic acids is 1. The number of carboxylic acids is 1. The van der Waals surface area contributed by atoms with E-state index in [1.54, 1.807) is 0 Å². The van der Waals surface area contributed by atoms with Crippen molar-refractivity contribution in [3.63, 3.8) is 0 Å². The van der Waals surface area contributed by atoms with Crippen molar-refractivity contribution in [3.05, 3.63) is 0 Å². The van der Waals surface area contributed by atoms with Crippen LogP contribution in [0.25, 0.3) is 0 Å². The van der Waals surface area contributed by atoms with Crippen molar-refractivity contribution in [1.82, 2.24) is 0 Å². The topological polar surface area (TPSA) is 149 Å². The van der Waals surface area contributed by atoms with Crippen LogP contribution in [0.3, 0.4) is 0 Å². The van der Waals surface area contributed by atoms with E-state index in [1.165, 1.54) is 0 Å². The SMILES string of the molecule is CCCCC1C(=O)C(C2CCCCC2)C(=O)[C@H](C2C[C@H](C(=O)O)[C@@H](O)[C@@H](O)[C@H]2O)C1=O. The lowest BCUT2D eigenvalue weighted by molar-refractivity contribution is -0.180. The normalized spacial score (nSPS) is 40.2. The predicted molar refractivity (Wildman–Crippen MR) is 109 cm³/mol.